The highest BCUT2D eigenvalue weighted by molar-refractivity contribution is 5.77. The lowest BCUT2D eigenvalue weighted by Gasteiger charge is -2.11. The van der Waals surface area contributed by atoms with E-state index in [1.807, 2.05) is 39.8 Å². The molecule has 6 nitrogen and oxygen atoms in total. The monoisotopic (exact) mass is 458 g/mol. The van der Waals surface area contributed by atoms with Gasteiger partial charge in [-0.1, -0.05) is 42.5 Å². The van der Waals surface area contributed by atoms with Gasteiger partial charge >= 0.3 is 0 Å². The molecule has 0 spiro atoms. The van der Waals surface area contributed by atoms with Crippen LogP contribution in [0.4, 0.5) is 0 Å². The molecule has 0 aliphatic rings. The van der Waals surface area contributed by atoms with Crippen LogP contribution in [0, 0.1) is 34.6 Å². The Morgan fingerprint density at radius 2 is 0.743 bits per heavy atom. The maximum Gasteiger partial charge on any atom is 0.163 e. The maximum atomic E-state index is 4.56. The van der Waals surface area contributed by atoms with E-state index in [-0.39, 0.29) is 0 Å². The molecule has 172 valence electrons. The van der Waals surface area contributed by atoms with Gasteiger partial charge in [-0.2, -0.15) is 0 Å². The summed E-state index contributed by atoms with van der Waals surface area (Å²) in [5.41, 5.74) is 7.60. The molecule has 0 aliphatic carbocycles. The highest BCUT2D eigenvalue weighted by Gasteiger charge is 2.10. The molecule has 0 aliphatic heterocycles. The predicted molar refractivity (Wildman–Crippen MR) is 139 cm³/mol. The molecule has 0 atom stereocenters. The van der Waals surface area contributed by atoms with E-state index in [4.69, 9.17) is 0 Å². The summed E-state index contributed by atoms with van der Waals surface area (Å²) < 4.78 is 0. The van der Waals surface area contributed by atoms with Gasteiger partial charge in [-0.25, -0.2) is 29.9 Å². The van der Waals surface area contributed by atoms with Crippen LogP contribution in [0.25, 0.3) is 45.0 Å². The molecule has 3 aromatic carbocycles. The lowest BCUT2D eigenvalue weighted by atomic mass is 9.95. The number of aryl methyl sites for hydroxylation is 5. The van der Waals surface area contributed by atoms with Crippen LogP contribution in [-0.4, -0.2) is 29.9 Å². The van der Waals surface area contributed by atoms with Crippen molar-refractivity contribution in [2.75, 3.05) is 0 Å². The fraction of sp³-hybridized carbons (Fsp3) is 0.172. The van der Waals surface area contributed by atoms with Crippen molar-refractivity contribution in [3.05, 3.63) is 95.6 Å². The van der Waals surface area contributed by atoms with Crippen LogP contribution in [0.1, 0.15) is 28.9 Å². The molecule has 6 heteroatoms. The van der Waals surface area contributed by atoms with Gasteiger partial charge in [0.05, 0.1) is 0 Å². The summed E-state index contributed by atoms with van der Waals surface area (Å²) in [4.78, 5) is 26.8. The zero-order chi connectivity index (χ0) is 24.5. The van der Waals surface area contributed by atoms with E-state index < -0.39 is 0 Å². The van der Waals surface area contributed by atoms with Crippen LogP contribution >= 0.6 is 0 Å². The van der Waals surface area contributed by atoms with Gasteiger partial charge in [-0.05, 0) is 86.7 Å². The summed E-state index contributed by atoms with van der Waals surface area (Å²) in [6, 6.07) is 23.3. The molecule has 35 heavy (non-hydrogen) atoms. The van der Waals surface area contributed by atoms with E-state index in [1.54, 1.807) is 0 Å². The predicted octanol–water partition coefficient (Wildman–Crippen LogP) is 6.27. The first-order valence-corrected chi connectivity index (χ1v) is 11.6. The molecule has 0 saturated carbocycles. The first-order chi connectivity index (χ1) is 16.8. The third kappa shape index (κ3) is 4.96. The standard InChI is InChI=1S/C29H26N6/c1-17-12-26(16-27(13-17)29-34-20(4)31-21(5)35-29)24-10-6-8-22(14-24)23-9-7-11-25(15-23)28-32-18(2)30-19(3)33-28/h6-16H,1-5H3. The fourth-order valence-corrected chi connectivity index (χ4v) is 4.28. The molecule has 0 N–H and O–H groups in total. The Morgan fingerprint density at radius 1 is 0.371 bits per heavy atom. The zero-order valence-corrected chi connectivity index (χ0v) is 20.5. The summed E-state index contributed by atoms with van der Waals surface area (Å²) in [6.07, 6.45) is 0. The van der Waals surface area contributed by atoms with Crippen LogP contribution in [0.5, 0.6) is 0 Å². The van der Waals surface area contributed by atoms with Crippen LogP contribution in [-0.2, 0) is 0 Å². The first-order valence-electron chi connectivity index (χ1n) is 11.6. The zero-order valence-electron chi connectivity index (χ0n) is 20.5. The average molecular weight is 459 g/mol. The van der Waals surface area contributed by atoms with Crippen molar-refractivity contribution in [3.63, 3.8) is 0 Å². The number of benzene rings is 3. The number of hydrogen-bond acceptors (Lipinski definition) is 6. The Kier molecular flexibility index (Phi) is 5.87. The summed E-state index contributed by atoms with van der Waals surface area (Å²) in [5.74, 6) is 4.28. The van der Waals surface area contributed by atoms with Crippen molar-refractivity contribution in [2.45, 2.75) is 34.6 Å². The molecule has 0 fully saturated rings. The number of nitrogens with zero attached hydrogens (tertiary/aromatic N) is 6. The van der Waals surface area contributed by atoms with Gasteiger partial charge in [0.2, 0.25) is 0 Å². The molecule has 5 rings (SSSR count). The highest BCUT2D eigenvalue weighted by atomic mass is 15.0. The van der Waals surface area contributed by atoms with E-state index in [2.05, 4.69) is 91.4 Å². The topological polar surface area (TPSA) is 77.3 Å². The largest absolute Gasteiger partial charge is 0.219 e. The number of aromatic nitrogens is 6. The van der Waals surface area contributed by atoms with Crippen molar-refractivity contribution in [2.24, 2.45) is 0 Å². The molecule has 2 aromatic heterocycles. The van der Waals surface area contributed by atoms with Gasteiger partial charge in [0.1, 0.15) is 23.3 Å². The lowest BCUT2D eigenvalue weighted by molar-refractivity contribution is 0.928. The molecule has 0 amide bonds. The Bertz CT molecular complexity index is 1520. The van der Waals surface area contributed by atoms with Crippen molar-refractivity contribution in [1.29, 1.82) is 0 Å². The Balaban J connectivity index is 1.54. The van der Waals surface area contributed by atoms with E-state index in [9.17, 15) is 0 Å². The first kappa shape index (κ1) is 22.5. The third-order valence-corrected chi connectivity index (χ3v) is 5.70. The quantitative estimate of drug-likeness (QED) is 0.316. The lowest BCUT2D eigenvalue weighted by Crippen LogP contribution is -1.99. The Morgan fingerprint density at radius 3 is 1.29 bits per heavy atom. The van der Waals surface area contributed by atoms with Crippen LogP contribution < -0.4 is 0 Å². The molecule has 5 aromatic rings. The van der Waals surface area contributed by atoms with Gasteiger partial charge in [0.15, 0.2) is 11.6 Å². The van der Waals surface area contributed by atoms with Crippen molar-refractivity contribution in [3.8, 4) is 45.0 Å². The molecular weight excluding hydrogens is 432 g/mol. The molecule has 0 saturated heterocycles. The van der Waals surface area contributed by atoms with Gasteiger partial charge in [-0.15, -0.1) is 0 Å². The molecule has 0 bridgehead atoms. The molecule has 0 unspecified atom stereocenters. The van der Waals surface area contributed by atoms with E-state index >= 15 is 0 Å². The van der Waals surface area contributed by atoms with Gasteiger partial charge in [-0.3, -0.25) is 0 Å². The van der Waals surface area contributed by atoms with Crippen molar-refractivity contribution >= 4 is 0 Å². The minimum absolute atomic E-state index is 0.694. The van der Waals surface area contributed by atoms with Gasteiger partial charge in [0.25, 0.3) is 0 Å². The second-order valence-corrected chi connectivity index (χ2v) is 8.76. The maximum absolute atomic E-state index is 4.56. The molecular formula is C29H26N6. The Labute approximate surface area is 205 Å². The molecule has 0 radical (unpaired) electrons. The van der Waals surface area contributed by atoms with Crippen LogP contribution in [0.3, 0.4) is 0 Å². The summed E-state index contributed by atoms with van der Waals surface area (Å²) >= 11 is 0. The van der Waals surface area contributed by atoms with Crippen LogP contribution in [0.15, 0.2) is 66.7 Å². The normalized spacial score (nSPS) is 11.0. The summed E-state index contributed by atoms with van der Waals surface area (Å²) in [5, 5.41) is 0. The van der Waals surface area contributed by atoms with Crippen molar-refractivity contribution in [1.82, 2.24) is 29.9 Å². The third-order valence-electron chi connectivity index (χ3n) is 5.70. The minimum Gasteiger partial charge on any atom is -0.219 e. The highest BCUT2D eigenvalue weighted by Crippen LogP contribution is 2.31. The van der Waals surface area contributed by atoms with Gasteiger partial charge < -0.3 is 0 Å². The van der Waals surface area contributed by atoms with Gasteiger partial charge in [0, 0.05) is 11.1 Å². The average Bonchev–Trinajstić information content (AvgIpc) is 2.83. The van der Waals surface area contributed by atoms with Crippen LogP contribution in [0.2, 0.25) is 0 Å². The van der Waals surface area contributed by atoms with Crippen molar-refractivity contribution < 1.29 is 0 Å². The SMILES string of the molecule is Cc1cc(-c2cccc(-c3cccc(-c4nc(C)nc(C)n4)c3)c2)cc(-c2nc(C)nc(C)n2)c1. The summed E-state index contributed by atoms with van der Waals surface area (Å²) in [7, 11) is 0. The fourth-order valence-electron chi connectivity index (χ4n) is 4.28. The molecule has 2 heterocycles. The minimum atomic E-state index is 0.694. The summed E-state index contributed by atoms with van der Waals surface area (Å²) in [6.45, 7) is 9.67. The van der Waals surface area contributed by atoms with E-state index in [0.29, 0.717) is 11.6 Å². The smallest absolute Gasteiger partial charge is 0.163 e. The Hall–Kier alpha value is -4.32. The van der Waals surface area contributed by atoms with E-state index in [0.717, 1.165) is 62.2 Å². The number of hydrogen-bond donors (Lipinski definition) is 0. The van der Waals surface area contributed by atoms with E-state index in [1.165, 1.54) is 0 Å². The second kappa shape index (κ2) is 9.14. The second-order valence-electron chi connectivity index (χ2n) is 8.76. The number of rotatable bonds is 4.